The lowest BCUT2D eigenvalue weighted by Gasteiger charge is -2.24. The number of amides is 2. The van der Waals surface area contributed by atoms with Crippen molar-refractivity contribution in [2.75, 3.05) is 17.3 Å². The Morgan fingerprint density at radius 2 is 1.46 bits per heavy atom. The van der Waals surface area contributed by atoms with Crippen molar-refractivity contribution in [3.8, 4) is 11.5 Å². The molecule has 0 spiro atoms. The summed E-state index contributed by atoms with van der Waals surface area (Å²) in [6.07, 6.45) is -1.30. The Kier molecular flexibility index (Phi) is 8.00. The van der Waals surface area contributed by atoms with Gasteiger partial charge in [0, 0.05) is 19.2 Å². The maximum atomic E-state index is 12.5. The van der Waals surface area contributed by atoms with Gasteiger partial charge in [-0.15, -0.1) is 0 Å². The molecule has 0 saturated heterocycles. The molecule has 0 atom stereocenters. The van der Waals surface area contributed by atoms with Crippen molar-refractivity contribution >= 4 is 29.2 Å². The van der Waals surface area contributed by atoms with Gasteiger partial charge in [-0.3, -0.25) is 20.3 Å². The number of nitrogens with one attached hydrogen (secondary N) is 1. The van der Waals surface area contributed by atoms with Crippen molar-refractivity contribution in [3.05, 3.63) is 51.6 Å². The van der Waals surface area contributed by atoms with Gasteiger partial charge in [-0.2, -0.15) is 0 Å². The Bertz CT molecular complexity index is 1110. The van der Waals surface area contributed by atoms with Gasteiger partial charge >= 0.3 is 12.2 Å². The molecular weight excluding hydrogens is 454 g/mol. The van der Waals surface area contributed by atoms with Crippen molar-refractivity contribution in [2.24, 2.45) is 0 Å². The van der Waals surface area contributed by atoms with Crippen LogP contribution in [-0.4, -0.2) is 35.4 Å². The number of rotatable bonds is 5. The van der Waals surface area contributed by atoms with E-state index in [1.165, 1.54) is 25.2 Å². The van der Waals surface area contributed by atoms with Crippen LogP contribution in [0.2, 0.25) is 0 Å². The molecule has 190 valence electrons. The van der Waals surface area contributed by atoms with Crippen LogP contribution in [0.5, 0.6) is 11.5 Å². The molecule has 0 aliphatic carbocycles. The second-order valence-corrected chi connectivity index (χ2v) is 10.1. The molecule has 0 aliphatic rings. The zero-order valence-electron chi connectivity index (χ0n) is 21.6. The highest BCUT2D eigenvalue weighted by Gasteiger charge is 2.27. The van der Waals surface area contributed by atoms with E-state index in [1.54, 1.807) is 53.7 Å². The first-order valence-corrected chi connectivity index (χ1v) is 11.0. The van der Waals surface area contributed by atoms with E-state index >= 15 is 0 Å². The van der Waals surface area contributed by atoms with Crippen molar-refractivity contribution < 1.29 is 28.7 Å². The van der Waals surface area contributed by atoms with Crippen molar-refractivity contribution in [1.82, 2.24) is 0 Å². The first-order valence-electron chi connectivity index (χ1n) is 11.0. The minimum atomic E-state index is -0.766. The largest absolute Gasteiger partial charge is 0.457 e. The lowest BCUT2D eigenvalue weighted by atomic mass is 10.1. The third kappa shape index (κ3) is 7.87. The SMILES string of the molecule is Cc1cc(Oc2ccc([N+](=O)[O-])c(N(C)C(=O)OC(C)(C)C)c2)cc(C)c1NC(=O)OC(C)(C)C. The normalized spacial score (nSPS) is 11.5. The Hall–Kier alpha value is -3.82. The Balaban J connectivity index is 2.33. The number of carbonyl (C=O) groups is 2. The molecule has 35 heavy (non-hydrogen) atoms. The highest BCUT2D eigenvalue weighted by Crippen LogP contribution is 2.36. The van der Waals surface area contributed by atoms with Gasteiger partial charge in [-0.1, -0.05) is 0 Å². The molecule has 0 bridgehead atoms. The number of benzene rings is 2. The molecule has 0 radical (unpaired) electrons. The average molecular weight is 488 g/mol. The van der Waals surface area contributed by atoms with E-state index in [0.717, 1.165) is 16.0 Å². The third-order valence-corrected chi connectivity index (χ3v) is 4.54. The summed E-state index contributed by atoms with van der Waals surface area (Å²) < 4.78 is 16.6. The number of nitro benzene ring substituents is 1. The van der Waals surface area contributed by atoms with Crippen molar-refractivity contribution in [2.45, 2.75) is 66.6 Å². The Labute approximate surface area is 205 Å². The van der Waals surface area contributed by atoms with Crippen LogP contribution < -0.4 is 15.0 Å². The second kappa shape index (κ2) is 10.2. The third-order valence-electron chi connectivity index (χ3n) is 4.54. The van der Waals surface area contributed by atoms with E-state index in [1.807, 2.05) is 13.8 Å². The smallest absolute Gasteiger partial charge is 0.414 e. The standard InChI is InChI=1S/C25H33N3O7/c1-15-12-18(13-16(2)21(15)26-22(29)34-24(3,4)5)33-17-10-11-19(28(31)32)20(14-17)27(9)23(30)35-25(6,7)8/h10-14H,1-9H3,(H,26,29). The van der Waals surface area contributed by atoms with Crippen LogP contribution in [0.4, 0.5) is 26.7 Å². The molecule has 0 fully saturated rings. The number of nitrogens with zero attached hydrogens (tertiary/aromatic N) is 2. The van der Waals surface area contributed by atoms with Crippen LogP contribution in [0.1, 0.15) is 52.7 Å². The zero-order chi connectivity index (χ0) is 26.7. The number of anilines is 2. The van der Waals surface area contributed by atoms with Gasteiger partial charge in [0.1, 0.15) is 28.4 Å². The summed E-state index contributed by atoms with van der Waals surface area (Å²) in [6, 6.07) is 7.56. The molecule has 10 heteroatoms. The average Bonchev–Trinajstić information content (AvgIpc) is 2.67. The van der Waals surface area contributed by atoms with Crippen LogP contribution in [0, 0.1) is 24.0 Å². The highest BCUT2D eigenvalue weighted by atomic mass is 16.6. The predicted molar refractivity (Wildman–Crippen MR) is 134 cm³/mol. The Morgan fingerprint density at radius 1 is 0.914 bits per heavy atom. The van der Waals surface area contributed by atoms with Crippen molar-refractivity contribution in [1.29, 1.82) is 0 Å². The van der Waals surface area contributed by atoms with Gasteiger partial charge in [-0.05, 0) is 84.7 Å². The van der Waals surface area contributed by atoms with E-state index in [-0.39, 0.29) is 17.1 Å². The minimum Gasteiger partial charge on any atom is -0.457 e. The van der Waals surface area contributed by atoms with Gasteiger partial charge in [0.15, 0.2) is 0 Å². The summed E-state index contributed by atoms with van der Waals surface area (Å²) in [5, 5.41) is 14.3. The van der Waals surface area contributed by atoms with E-state index in [0.29, 0.717) is 11.4 Å². The fourth-order valence-corrected chi connectivity index (χ4v) is 3.14. The summed E-state index contributed by atoms with van der Waals surface area (Å²) in [6.45, 7) is 14.1. The van der Waals surface area contributed by atoms with E-state index < -0.39 is 28.3 Å². The summed E-state index contributed by atoms with van der Waals surface area (Å²) in [5.41, 5.74) is 0.430. The number of aryl methyl sites for hydroxylation is 2. The first-order chi connectivity index (χ1) is 16.0. The van der Waals surface area contributed by atoms with E-state index in [2.05, 4.69) is 5.32 Å². The van der Waals surface area contributed by atoms with E-state index in [9.17, 15) is 19.7 Å². The predicted octanol–water partition coefficient (Wildman–Crippen LogP) is 6.72. The van der Waals surface area contributed by atoms with Crippen LogP contribution in [-0.2, 0) is 9.47 Å². The van der Waals surface area contributed by atoms with Gasteiger partial charge in [-0.25, -0.2) is 9.59 Å². The molecule has 0 heterocycles. The molecule has 10 nitrogen and oxygen atoms in total. The maximum Gasteiger partial charge on any atom is 0.414 e. The fourth-order valence-electron chi connectivity index (χ4n) is 3.14. The number of nitro groups is 1. The fraction of sp³-hybridized carbons (Fsp3) is 0.440. The van der Waals surface area contributed by atoms with Gasteiger partial charge in [0.05, 0.1) is 10.6 Å². The quantitative estimate of drug-likeness (QED) is 0.367. The molecule has 0 aromatic heterocycles. The second-order valence-electron chi connectivity index (χ2n) is 10.1. The lowest BCUT2D eigenvalue weighted by Crippen LogP contribution is -2.34. The zero-order valence-corrected chi connectivity index (χ0v) is 21.6. The van der Waals surface area contributed by atoms with Gasteiger partial charge < -0.3 is 14.2 Å². The number of hydrogen-bond donors (Lipinski definition) is 1. The highest BCUT2D eigenvalue weighted by molar-refractivity contribution is 5.91. The molecule has 0 saturated carbocycles. The summed E-state index contributed by atoms with van der Waals surface area (Å²) in [4.78, 5) is 36.7. The maximum absolute atomic E-state index is 12.5. The van der Waals surface area contributed by atoms with Gasteiger partial charge in [0.25, 0.3) is 5.69 Å². The van der Waals surface area contributed by atoms with Crippen molar-refractivity contribution in [3.63, 3.8) is 0 Å². The van der Waals surface area contributed by atoms with Crippen LogP contribution in [0.3, 0.4) is 0 Å². The minimum absolute atomic E-state index is 0.0263. The van der Waals surface area contributed by atoms with Crippen LogP contribution >= 0.6 is 0 Å². The summed E-state index contributed by atoms with van der Waals surface area (Å²) in [5.74, 6) is 0.738. The number of ether oxygens (including phenoxy) is 3. The Morgan fingerprint density at radius 3 is 1.94 bits per heavy atom. The molecular formula is C25H33N3O7. The van der Waals surface area contributed by atoms with Gasteiger partial charge in [0.2, 0.25) is 0 Å². The molecule has 2 rings (SSSR count). The molecule has 2 aromatic carbocycles. The number of hydrogen-bond acceptors (Lipinski definition) is 7. The summed E-state index contributed by atoms with van der Waals surface area (Å²) in [7, 11) is 1.39. The lowest BCUT2D eigenvalue weighted by molar-refractivity contribution is -0.384. The molecule has 2 amide bonds. The van der Waals surface area contributed by atoms with E-state index in [4.69, 9.17) is 14.2 Å². The molecule has 2 aromatic rings. The summed E-state index contributed by atoms with van der Waals surface area (Å²) >= 11 is 0. The molecule has 1 N–H and O–H groups in total. The monoisotopic (exact) mass is 487 g/mol. The topological polar surface area (TPSA) is 120 Å². The number of carbonyl (C=O) groups excluding carboxylic acids is 2. The molecule has 0 unspecified atom stereocenters. The molecule has 0 aliphatic heterocycles. The van der Waals surface area contributed by atoms with Crippen LogP contribution in [0.25, 0.3) is 0 Å². The van der Waals surface area contributed by atoms with Crippen LogP contribution in [0.15, 0.2) is 30.3 Å². The first kappa shape index (κ1) is 27.4.